The Kier molecular flexibility index (Phi) is 19.2. The Hall–Kier alpha value is -4.21. The maximum absolute atomic E-state index is 15.6. The van der Waals surface area contributed by atoms with Crippen molar-refractivity contribution in [1.29, 1.82) is 0 Å². The molecule has 27 atom stereocenters. The number of aliphatic hydroxyl groups is 5. The molecule has 4 aliphatic carbocycles. The Balaban J connectivity index is 1.01. The van der Waals surface area contributed by atoms with Crippen molar-refractivity contribution in [2.24, 2.45) is 46.8 Å². The number of ether oxygens (including phenoxy) is 11. The van der Waals surface area contributed by atoms with Crippen molar-refractivity contribution in [2.75, 3.05) is 20.8 Å². The number of carbonyl (C=O) groups is 3. The van der Waals surface area contributed by atoms with Gasteiger partial charge in [0.05, 0.1) is 75.1 Å². The minimum Gasteiger partial charge on any atom is -0.511 e. The summed E-state index contributed by atoms with van der Waals surface area (Å²) >= 11 is 0. The summed E-state index contributed by atoms with van der Waals surface area (Å²) in [7, 11) is 2.67. The quantitative estimate of drug-likeness (QED) is 0.0457. The maximum atomic E-state index is 15.6. The molecule has 23 nitrogen and oxygen atoms in total. The fourth-order valence-electron chi connectivity index (χ4n) is 15.8. The molecule has 5 heterocycles. The normalized spacial score (nSPS) is 48.5. The SMILES string of the molecule is COC(=O)NC1C(C)OC(OC2C/C=C(/C)C3C=CC4C(OC5CC(OC6CC(O)C(OC7CC(O)C(OC)C(C)O7)C(C)O6)C(O)C(C)O5)C(C)CC(C)C4C3(C)C(O)=C3C(=O)OC4(CC(C)C(CO)=CC4/C=C\2C)C3=O)CC1(C)[N+](=O)[O-]. The third-order valence-electron chi connectivity index (χ3n) is 20.3. The average Bonchev–Trinajstić information content (AvgIpc) is 2.80. The Morgan fingerprint density at radius 1 is 0.762 bits per heavy atom. The van der Waals surface area contributed by atoms with Crippen LogP contribution in [0.4, 0.5) is 4.79 Å². The average molecular weight is 1190 g/mol. The van der Waals surface area contributed by atoms with Gasteiger partial charge in [-0.25, -0.2) is 9.59 Å². The van der Waals surface area contributed by atoms with Crippen molar-refractivity contribution in [3.05, 3.63) is 68.5 Å². The van der Waals surface area contributed by atoms with Crippen LogP contribution in [0.2, 0.25) is 0 Å². The van der Waals surface area contributed by atoms with E-state index in [2.05, 4.69) is 25.2 Å². The zero-order chi connectivity index (χ0) is 61.2. The van der Waals surface area contributed by atoms with Crippen LogP contribution < -0.4 is 5.32 Å². The Morgan fingerprint density at radius 3 is 2.01 bits per heavy atom. The van der Waals surface area contributed by atoms with E-state index in [1.807, 2.05) is 32.9 Å². The third-order valence-corrected chi connectivity index (χ3v) is 20.3. The minimum absolute atomic E-state index is 0.00457. The van der Waals surface area contributed by atoms with Crippen molar-refractivity contribution in [3.63, 3.8) is 0 Å². The first-order valence-corrected chi connectivity index (χ1v) is 30.0. The number of nitro groups is 1. The second-order valence-electron chi connectivity index (χ2n) is 25.9. The van der Waals surface area contributed by atoms with E-state index < -0.39 is 185 Å². The molecule has 2 bridgehead atoms. The number of ketones is 1. The lowest BCUT2D eigenvalue weighted by Crippen LogP contribution is -2.65. The Labute approximate surface area is 491 Å². The van der Waals surface area contributed by atoms with Crippen LogP contribution in [0.15, 0.2) is 58.4 Å². The van der Waals surface area contributed by atoms with Crippen LogP contribution >= 0.6 is 0 Å². The van der Waals surface area contributed by atoms with Gasteiger partial charge in [-0.05, 0) is 89.2 Å². The molecule has 0 aromatic rings. The van der Waals surface area contributed by atoms with Crippen molar-refractivity contribution in [3.8, 4) is 0 Å². The molecule has 5 aliphatic heterocycles. The highest BCUT2D eigenvalue weighted by Gasteiger charge is 2.64. The van der Waals surface area contributed by atoms with Gasteiger partial charge >= 0.3 is 12.1 Å². The van der Waals surface area contributed by atoms with Crippen molar-refractivity contribution in [2.45, 2.75) is 237 Å². The fourth-order valence-corrected chi connectivity index (χ4v) is 15.8. The number of fused-ring (bicyclic) bond motifs is 4. The predicted octanol–water partition coefficient (Wildman–Crippen LogP) is 5.57. The monoisotopic (exact) mass is 1190 g/mol. The molecule has 1 amide bonds. The molecule has 470 valence electrons. The molecule has 84 heavy (non-hydrogen) atoms. The predicted molar refractivity (Wildman–Crippen MR) is 298 cm³/mol. The first-order valence-electron chi connectivity index (χ1n) is 30.0. The van der Waals surface area contributed by atoms with Gasteiger partial charge in [0.1, 0.15) is 35.7 Å². The van der Waals surface area contributed by atoms with E-state index >= 15 is 4.79 Å². The van der Waals surface area contributed by atoms with Crippen molar-refractivity contribution >= 4 is 17.8 Å². The standard InChI is InChI=1S/C61H90N2O21/c1-27-14-17-42(80-47-25-59(10,63(72)73)54(35(9)79-47)62-58(71)75-13)28(2)19-37-20-36(26-64)31(5)24-61(37)56(69)48(57(70)84-61)55(68)60(11)39(27)16-15-38-49(60)29(3)18-30(4)51(38)82-46-23-43(50(67)32(6)76-46)81-44-22-41(66)53(34(8)78-44)83-45-21-40(65)52(74-12)33(7)77-45/h14-16,19-20,29-35,37-47,49-54,64-68H,17-18,21-26H2,1-13H3,(H,62,71)/b27-14-,28-19-,55-48?. The number of nitrogens with one attached hydrogen (secondary N) is 1. The van der Waals surface area contributed by atoms with Crippen LogP contribution in [0.1, 0.15) is 121 Å². The summed E-state index contributed by atoms with van der Waals surface area (Å²) in [5.41, 5.74) is -3.37. The van der Waals surface area contributed by atoms with E-state index in [0.29, 0.717) is 17.6 Å². The first kappa shape index (κ1) is 64.3. The molecule has 1 saturated carbocycles. The highest BCUT2D eigenvalue weighted by atomic mass is 16.7. The van der Waals surface area contributed by atoms with E-state index in [1.165, 1.54) is 21.1 Å². The number of nitrogens with zero attached hydrogens (tertiary/aromatic N) is 1. The van der Waals surface area contributed by atoms with Crippen molar-refractivity contribution in [1.82, 2.24) is 5.32 Å². The first-order chi connectivity index (χ1) is 39.6. The number of esters is 1. The lowest BCUT2D eigenvalue weighted by molar-refractivity contribution is -0.584. The molecule has 1 spiro atoms. The van der Waals surface area contributed by atoms with Crippen LogP contribution in [-0.2, 0) is 61.7 Å². The number of aliphatic hydroxyl groups excluding tert-OH is 5. The summed E-state index contributed by atoms with van der Waals surface area (Å²) in [5, 5.41) is 72.9. The van der Waals surface area contributed by atoms with Gasteiger partial charge in [-0.1, -0.05) is 63.6 Å². The van der Waals surface area contributed by atoms with E-state index in [9.17, 15) is 45.2 Å². The third kappa shape index (κ3) is 11.8. The highest BCUT2D eigenvalue weighted by molar-refractivity contribution is 6.26. The van der Waals surface area contributed by atoms with Crippen LogP contribution in [0.5, 0.6) is 0 Å². The van der Waals surface area contributed by atoms with Crippen molar-refractivity contribution < 1.29 is 96.9 Å². The molecular weight excluding hydrogens is 1100 g/mol. The fraction of sp³-hybridized carbons (Fsp3) is 0.787. The molecule has 23 heteroatoms. The van der Waals surface area contributed by atoms with Gasteiger partial charge in [-0.15, -0.1) is 0 Å². The van der Waals surface area contributed by atoms with Gasteiger partial charge < -0.3 is 83.0 Å². The highest BCUT2D eigenvalue weighted by Crippen LogP contribution is 2.61. The molecule has 9 rings (SSSR count). The van der Waals surface area contributed by atoms with Crippen LogP contribution in [-0.4, -0.2) is 185 Å². The number of alkyl carbamates (subject to hydrolysis) is 1. The summed E-state index contributed by atoms with van der Waals surface area (Å²) in [4.78, 5) is 55.1. The molecule has 0 aromatic carbocycles. The summed E-state index contributed by atoms with van der Waals surface area (Å²) in [6.07, 6.45) is -3.57. The summed E-state index contributed by atoms with van der Waals surface area (Å²) < 4.78 is 68.0. The van der Waals surface area contributed by atoms with E-state index in [1.54, 1.807) is 46.8 Å². The second-order valence-corrected chi connectivity index (χ2v) is 25.9. The van der Waals surface area contributed by atoms with Gasteiger partial charge in [-0.3, -0.25) is 14.9 Å². The summed E-state index contributed by atoms with van der Waals surface area (Å²) in [5.74, 6) is -5.10. The number of hydrogen-bond acceptors (Lipinski definition) is 21. The van der Waals surface area contributed by atoms with Crippen LogP contribution in [0.25, 0.3) is 0 Å². The molecule has 6 fully saturated rings. The van der Waals surface area contributed by atoms with Gasteiger partial charge in [0.25, 0.3) is 0 Å². The van der Waals surface area contributed by atoms with E-state index in [0.717, 1.165) is 5.57 Å². The molecule has 5 saturated heterocycles. The Morgan fingerprint density at radius 2 is 1.38 bits per heavy atom. The lowest BCUT2D eigenvalue weighted by atomic mass is 9.49. The van der Waals surface area contributed by atoms with E-state index in [-0.39, 0.29) is 57.0 Å². The Bertz CT molecular complexity index is 2600. The molecule has 6 N–H and O–H groups in total. The topological polar surface area (TPSA) is 309 Å². The smallest absolute Gasteiger partial charge is 0.407 e. The maximum Gasteiger partial charge on any atom is 0.407 e. The zero-order valence-electron chi connectivity index (χ0n) is 50.6. The van der Waals surface area contributed by atoms with Crippen LogP contribution in [0.3, 0.4) is 0 Å². The van der Waals surface area contributed by atoms with E-state index in [4.69, 9.17) is 52.1 Å². The van der Waals surface area contributed by atoms with Gasteiger partial charge in [0.2, 0.25) is 11.3 Å². The zero-order valence-corrected chi connectivity index (χ0v) is 50.6. The summed E-state index contributed by atoms with van der Waals surface area (Å²) in [6.45, 7) is 19.6. The number of hydrogen-bond donors (Lipinski definition) is 6. The van der Waals surface area contributed by atoms with Crippen LogP contribution in [0, 0.1) is 57.0 Å². The number of Topliss-reactive ketones (excluding diaryl/α,β-unsaturated/α-hetero) is 1. The largest absolute Gasteiger partial charge is 0.511 e. The number of carbonyl (C=O) groups excluding carboxylic acids is 3. The minimum atomic E-state index is -1.82. The number of allylic oxidation sites excluding steroid dienone is 3. The lowest BCUT2D eigenvalue weighted by Gasteiger charge is -2.56. The number of amides is 1. The molecule has 27 unspecified atom stereocenters. The summed E-state index contributed by atoms with van der Waals surface area (Å²) in [6, 6.07) is -1.08. The molecule has 9 aliphatic rings. The molecular formula is C61H90N2O21. The van der Waals surface area contributed by atoms with Gasteiger partial charge in [-0.2, -0.15) is 0 Å². The second kappa shape index (κ2) is 25.1. The number of rotatable bonds is 12. The molecule has 0 aromatic heterocycles. The van der Waals surface area contributed by atoms with Gasteiger partial charge in [0.15, 0.2) is 30.8 Å². The number of methoxy groups -OCH3 is 2. The van der Waals surface area contributed by atoms with Gasteiger partial charge in [0, 0.05) is 67.8 Å². The molecule has 0 radical (unpaired) electrons.